The van der Waals surface area contributed by atoms with Gasteiger partial charge in [0.1, 0.15) is 5.75 Å². The zero-order valence-electron chi connectivity index (χ0n) is 18.7. The minimum Gasteiger partial charge on any atom is -1.00 e. The maximum absolute atomic E-state index is 10.9. The molecule has 0 saturated heterocycles. The van der Waals surface area contributed by atoms with Crippen LogP contribution in [0.25, 0.3) is 33.7 Å². The number of carboxylic acid groups (broad SMARTS) is 1. The zero-order chi connectivity index (χ0) is 22.1. The van der Waals surface area contributed by atoms with Crippen molar-refractivity contribution in [3.63, 3.8) is 0 Å². The van der Waals surface area contributed by atoms with Crippen molar-refractivity contribution in [2.24, 2.45) is 0 Å². The fourth-order valence-electron chi connectivity index (χ4n) is 3.12. The Balaban J connectivity index is 0.00000193. The summed E-state index contributed by atoms with van der Waals surface area (Å²) in [6.45, 7) is 3.66. The Hall–Kier alpha value is -2.83. The van der Waals surface area contributed by atoms with Gasteiger partial charge in [-0.3, -0.25) is 4.68 Å². The van der Waals surface area contributed by atoms with E-state index < -0.39 is 12.1 Å². The van der Waals surface area contributed by atoms with Crippen LogP contribution in [0.5, 0.6) is 5.75 Å². The van der Waals surface area contributed by atoms with Gasteiger partial charge in [0, 0.05) is 16.5 Å². The molecule has 4 aromatic rings. The van der Waals surface area contributed by atoms with Crippen molar-refractivity contribution in [1.29, 1.82) is 0 Å². The first-order valence-corrected chi connectivity index (χ1v) is 9.87. The standard InChI is InChI=1S/C21H19ClN4O5.Li.H/c1-11(2)30-18-7-6-12(8-15(18)22)20-24-19(25-31-20)13-4-3-5-16-14(13)9-23-26(16)10-17(27)21(28)29;;/h3-9,11,17,27H,10H2,1-2H3,(H,28,29);;/q;+1;-1. The molecule has 11 heteroatoms. The molecular formula is C21H20ClLiN4O5. The van der Waals surface area contributed by atoms with Gasteiger partial charge in [-0.2, -0.15) is 10.1 Å². The molecule has 1 unspecified atom stereocenters. The van der Waals surface area contributed by atoms with Crippen molar-refractivity contribution in [2.75, 3.05) is 0 Å². The molecule has 2 N–H and O–H groups in total. The van der Waals surface area contributed by atoms with E-state index in [1.165, 1.54) is 4.68 Å². The second-order valence-electron chi connectivity index (χ2n) is 7.15. The molecule has 0 fully saturated rings. The predicted octanol–water partition coefficient (Wildman–Crippen LogP) is 0.756. The van der Waals surface area contributed by atoms with E-state index in [-0.39, 0.29) is 32.9 Å². The minimum absolute atomic E-state index is 0. The third kappa shape index (κ3) is 4.81. The van der Waals surface area contributed by atoms with Crippen molar-refractivity contribution >= 4 is 28.5 Å². The number of hydrogen-bond acceptors (Lipinski definition) is 7. The van der Waals surface area contributed by atoms with Crippen molar-refractivity contribution in [3.8, 4) is 28.6 Å². The summed E-state index contributed by atoms with van der Waals surface area (Å²) in [6, 6.07) is 10.6. The Morgan fingerprint density at radius 2 is 2.09 bits per heavy atom. The van der Waals surface area contributed by atoms with Gasteiger partial charge in [0.25, 0.3) is 5.89 Å². The second kappa shape index (κ2) is 9.75. The number of halogens is 1. The van der Waals surface area contributed by atoms with E-state index in [0.29, 0.717) is 44.5 Å². The van der Waals surface area contributed by atoms with Gasteiger partial charge in [-0.1, -0.05) is 28.9 Å². The van der Waals surface area contributed by atoms with E-state index in [0.717, 1.165) is 0 Å². The van der Waals surface area contributed by atoms with Crippen LogP contribution in [0.15, 0.2) is 47.1 Å². The number of fused-ring (bicyclic) bond motifs is 1. The van der Waals surface area contributed by atoms with Gasteiger partial charge >= 0.3 is 24.8 Å². The third-order valence-corrected chi connectivity index (χ3v) is 4.82. The van der Waals surface area contributed by atoms with Crippen LogP contribution in [0.1, 0.15) is 15.3 Å². The fourth-order valence-corrected chi connectivity index (χ4v) is 3.34. The SMILES string of the molecule is CC(C)Oc1ccc(-c2nc(-c3cccc4c3cnn4CC(O)C(=O)O)no2)cc1Cl.[H-].[Li+]. The Morgan fingerprint density at radius 1 is 1.31 bits per heavy atom. The number of carboxylic acids is 1. The zero-order valence-corrected chi connectivity index (χ0v) is 18.4. The number of rotatable bonds is 7. The molecule has 0 saturated carbocycles. The monoisotopic (exact) mass is 450 g/mol. The molecule has 32 heavy (non-hydrogen) atoms. The van der Waals surface area contributed by atoms with Crippen molar-refractivity contribution in [2.45, 2.75) is 32.6 Å². The maximum Gasteiger partial charge on any atom is 1.00 e. The Bertz CT molecular complexity index is 1260. The Kier molecular flexibility index (Phi) is 7.26. The number of aliphatic hydroxyl groups excluding tert-OH is 1. The largest absolute Gasteiger partial charge is 1.00 e. The van der Waals surface area contributed by atoms with E-state index >= 15 is 0 Å². The number of aliphatic hydroxyl groups is 1. The summed E-state index contributed by atoms with van der Waals surface area (Å²) in [5, 5.41) is 28.0. The average Bonchev–Trinajstić information content (AvgIpc) is 3.37. The van der Waals surface area contributed by atoms with E-state index in [9.17, 15) is 9.90 Å². The van der Waals surface area contributed by atoms with Crippen LogP contribution < -0.4 is 23.6 Å². The number of aromatic nitrogens is 4. The Morgan fingerprint density at radius 3 is 2.78 bits per heavy atom. The molecule has 2 aromatic carbocycles. The molecule has 0 aliphatic heterocycles. The van der Waals surface area contributed by atoms with Crippen LogP contribution in [-0.4, -0.2) is 48.3 Å². The summed E-state index contributed by atoms with van der Waals surface area (Å²) in [5.41, 5.74) is 1.95. The van der Waals surface area contributed by atoms with E-state index in [1.807, 2.05) is 19.9 Å². The van der Waals surface area contributed by atoms with Crippen LogP contribution in [-0.2, 0) is 11.3 Å². The van der Waals surface area contributed by atoms with Gasteiger partial charge in [-0.15, -0.1) is 0 Å². The number of benzene rings is 2. The second-order valence-corrected chi connectivity index (χ2v) is 7.56. The smallest absolute Gasteiger partial charge is 1.00 e. The van der Waals surface area contributed by atoms with E-state index in [2.05, 4.69) is 15.2 Å². The average molecular weight is 451 g/mol. The normalized spacial score (nSPS) is 12.0. The molecule has 9 nitrogen and oxygen atoms in total. The molecule has 162 valence electrons. The fraction of sp³-hybridized carbons (Fsp3) is 0.238. The van der Waals surface area contributed by atoms with Crippen LogP contribution in [0, 0.1) is 0 Å². The van der Waals surface area contributed by atoms with Gasteiger partial charge < -0.3 is 20.9 Å². The number of hydrogen-bond donors (Lipinski definition) is 2. The summed E-state index contributed by atoms with van der Waals surface area (Å²) in [7, 11) is 0. The molecule has 0 spiro atoms. The molecule has 2 aromatic heterocycles. The summed E-state index contributed by atoms with van der Waals surface area (Å²) in [4.78, 5) is 15.4. The summed E-state index contributed by atoms with van der Waals surface area (Å²) >= 11 is 6.30. The number of nitrogens with zero attached hydrogens (tertiary/aromatic N) is 4. The topological polar surface area (TPSA) is 124 Å². The first-order chi connectivity index (χ1) is 14.8. The number of ether oxygens (including phenoxy) is 1. The van der Waals surface area contributed by atoms with Crippen molar-refractivity contribution in [1.82, 2.24) is 19.9 Å². The van der Waals surface area contributed by atoms with Crippen LogP contribution in [0.2, 0.25) is 5.02 Å². The number of carbonyl (C=O) groups is 1. The predicted molar refractivity (Wildman–Crippen MR) is 114 cm³/mol. The molecule has 0 amide bonds. The molecule has 0 aliphatic carbocycles. The summed E-state index contributed by atoms with van der Waals surface area (Å²) in [6.07, 6.45) is 0.0109. The minimum atomic E-state index is -1.56. The molecule has 0 bridgehead atoms. The van der Waals surface area contributed by atoms with Gasteiger partial charge in [0.05, 0.1) is 29.4 Å². The molecule has 0 radical (unpaired) electrons. The quantitative estimate of drug-likeness (QED) is 0.395. The third-order valence-electron chi connectivity index (χ3n) is 4.53. The molecular weight excluding hydrogens is 431 g/mol. The van der Waals surface area contributed by atoms with Crippen molar-refractivity contribution in [3.05, 3.63) is 47.6 Å². The van der Waals surface area contributed by atoms with Gasteiger partial charge in [0.2, 0.25) is 5.82 Å². The van der Waals surface area contributed by atoms with E-state index in [1.54, 1.807) is 36.5 Å². The van der Waals surface area contributed by atoms with Crippen LogP contribution >= 0.6 is 11.6 Å². The van der Waals surface area contributed by atoms with Gasteiger partial charge in [0.15, 0.2) is 6.10 Å². The molecule has 1 atom stereocenters. The first-order valence-electron chi connectivity index (χ1n) is 9.49. The molecule has 4 rings (SSSR count). The van der Waals surface area contributed by atoms with Crippen LogP contribution in [0.3, 0.4) is 0 Å². The van der Waals surface area contributed by atoms with E-state index in [4.69, 9.17) is 26.0 Å². The summed E-state index contributed by atoms with van der Waals surface area (Å²) in [5.74, 6) is -0.108. The first kappa shape index (κ1) is 23.8. The van der Waals surface area contributed by atoms with Gasteiger partial charge in [-0.25, -0.2) is 4.79 Å². The molecule has 2 heterocycles. The Labute approximate surface area is 201 Å². The molecule has 0 aliphatic rings. The summed E-state index contributed by atoms with van der Waals surface area (Å²) < 4.78 is 12.5. The number of aliphatic carboxylic acids is 1. The maximum atomic E-state index is 10.9. The van der Waals surface area contributed by atoms with Crippen LogP contribution in [0.4, 0.5) is 0 Å². The van der Waals surface area contributed by atoms with Gasteiger partial charge in [-0.05, 0) is 38.1 Å². The van der Waals surface area contributed by atoms with Crippen molar-refractivity contribution < 1.29 is 44.6 Å².